The molecule has 1 aromatic carbocycles. The summed E-state index contributed by atoms with van der Waals surface area (Å²) < 4.78 is 32.7. The molecule has 2 aliphatic heterocycles. The molecule has 2 fully saturated rings. The highest BCUT2D eigenvalue weighted by Gasteiger charge is 2.28. The van der Waals surface area contributed by atoms with E-state index in [1.54, 1.807) is 24.0 Å². The van der Waals surface area contributed by atoms with E-state index in [1.807, 2.05) is 0 Å². The molecule has 0 saturated carbocycles. The Hall–Kier alpha value is -1.93. The summed E-state index contributed by atoms with van der Waals surface area (Å²) in [6.45, 7) is 5.85. The third-order valence-corrected chi connectivity index (χ3v) is 7.73. The van der Waals surface area contributed by atoms with Crippen LogP contribution in [0.4, 0.5) is 0 Å². The fourth-order valence-corrected chi connectivity index (χ4v) is 5.74. The van der Waals surface area contributed by atoms with Crippen molar-refractivity contribution in [1.82, 2.24) is 9.21 Å². The lowest BCUT2D eigenvalue weighted by Crippen LogP contribution is -2.41. The van der Waals surface area contributed by atoms with Gasteiger partial charge in [-0.25, -0.2) is 13.2 Å². The molecule has 0 aromatic heterocycles. The van der Waals surface area contributed by atoms with Gasteiger partial charge in [-0.3, -0.25) is 4.79 Å². The number of sulfonamides is 1. The topological polar surface area (TPSA) is 84.0 Å². The lowest BCUT2D eigenvalue weighted by molar-refractivity contribution is -0.136. The Labute approximate surface area is 173 Å². The number of esters is 1. The third-order valence-electron chi connectivity index (χ3n) is 5.69. The largest absolute Gasteiger partial charge is 0.452 e. The molecule has 0 bridgehead atoms. The monoisotopic (exact) mass is 422 g/mol. The first-order chi connectivity index (χ1) is 13.8. The second-order valence-corrected chi connectivity index (χ2v) is 10.0. The van der Waals surface area contributed by atoms with E-state index < -0.39 is 16.0 Å². The number of carbonyl (C=O) groups excluding carboxylic acids is 2. The predicted molar refractivity (Wildman–Crippen MR) is 109 cm³/mol. The van der Waals surface area contributed by atoms with Gasteiger partial charge < -0.3 is 9.64 Å². The maximum atomic E-state index is 13.0. The number of hydrogen-bond donors (Lipinski definition) is 0. The van der Waals surface area contributed by atoms with Crippen LogP contribution in [0.5, 0.6) is 0 Å². The van der Waals surface area contributed by atoms with Crippen molar-refractivity contribution in [3.05, 3.63) is 29.3 Å². The molecule has 2 heterocycles. The van der Waals surface area contributed by atoms with E-state index in [1.165, 1.54) is 10.4 Å². The zero-order valence-electron chi connectivity index (χ0n) is 17.2. The number of aryl methyl sites for hydroxylation is 1. The highest BCUT2D eigenvalue weighted by molar-refractivity contribution is 7.89. The highest BCUT2D eigenvalue weighted by atomic mass is 32.2. The quantitative estimate of drug-likeness (QED) is 0.681. The Bertz CT molecular complexity index is 862. The Morgan fingerprint density at radius 2 is 1.83 bits per heavy atom. The smallest absolute Gasteiger partial charge is 0.338 e. The van der Waals surface area contributed by atoms with Crippen molar-refractivity contribution in [2.24, 2.45) is 5.92 Å². The molecule has 8 heteroatoms. The molecule has 1 atom stereocenters. The SMILES string of the molecule is Cc1ccc(C(=O)OCC(=O)N2CCC[C@H](C)C2)cc1S(=O)(=O)N1CCCCC1. The number of amides is 1. The zero-order chi connectivity index (χ0) is 21.0. The molecule has 0 spiro atoms. The van der Waals surface area contributed by atoms with Crippen molar-refractivity contribution in [2.45, 2.75) is 50.8 Å². The van der Waals surface area contributed by atoms with Crippen molar-refractivity contribution in [3.8, 4) is 0 Å². The maximum absolute atomic E-state index is 13.0. The molecule has 7 nitrogen and oxygen atoms in total. The number of rotatable bonds is 5. The number of nitrogens with zero attached hydrogens (tertiary/aromatic N) is 2. The number of carbonyl (C=O) groups is 2. The molecule has 3 rings (SSSR count). The van der Waals surface area contributed by atoms with Gasteiger partial charge in [0.1, 0.15) is 0 Å². The Morgan fingerprint density at radius 1 is 1.10 bits per heavy atom. The predicted octanol–water partition coefficient (Wildman–Crippen LogP) is 2.58. The molecule has 1 amide bonds. The van der Waals surface area contributed by atoms with Crippen molar-refractivity contribution < 1.29 is 22.7 Å². The Balaban J connectivity index is 1.68. The minimum atomic E-state index is -3.65. The number of likely N-dealkylation sites (tertiary alicyclic amines) is 1. The van der Waals surface area contributed by atoms with E-state index in [0.717, 1.165) is 32.1 Å². The molecule has 1 aromatic rings. The molecule has 0 N–H and O–H groups in total. The second-order valence-electron chi connectivity index (χ2n) is 8.11. The number of hydrogen-bond acceptors (Lipinski definition) is 5. The number of benzene rings is 1. The zero-order valence-corrected chi connectivity index (χ0v) is 18.0. The van der Waals surface area contributed by atoms with Crippen LogP contribution in [-0.2, 0) is 19.6 Å². The van der Waals surface area contributed by atoms with E-state index >= 15 is 0 Å². The first kappa shape index (κ1) is 21.8. The molecular weight excluding hydrogens is 392 g/mol. The van der Waals surface area contributed by atoms with E-state index in [2.05, 4.69) is 6.92 Å². The maximum Gasteiger partial charge on any atom is 0.338 e. The van der Waals surface area contributed by atoms with Crippen LogP contribution < -0.4 is 0 Å². The summed E-state index contributed by atoms with van der Waals surface area (Å²) in [5.41, 5.74) is 0.733. The molecule has 0 unspecified atom stereocenters. The summed E-state index contributed by atoms with van der Waals surface area (Å²) in [5, 5.41) is 0. The summed E-state index contributed by atoms with van der Waals surface area (Å²) in [6, 6.07) is 4.52. The summed E-state index contributed by atoms with van der Waals surface area (Å²) in [5.74, 6) is -0.445. The van der Waals surface area contributed by atoms with Gasteiger partial charge in [-0.1, -0.05) is 19.4 Å². The van der Waals surface area contributed by atoms with Gasteiger partial charge in [0.15, 0.2) is 6.61 Å². The lowest BCUT2D eigenvalue weighted by atomic mass is 10.0. The van der Waals surface area contributed by atoms with E-state index in [-0.39, 0.29) is 23.0 Å². The second kappa shape index (κ2) is 9.26. The molecule has 160 valence electrons. The van der Waals surface area contributed by atoms with E-state index in [0.29, 0.717) is 37.7 Å². The first-order valence-electron chi connectivity index (χ1n) is 10.3. The summed E-state index contributed by atoms with van der Waals surface area (Å²) >= 11 is 0. The molecule has 0 radical (unpaired) electrons. The average molecular weight is 423 g/mol. The van der Waals surface area contributed by atoms with Crippen LogP contribution >= 0.6 is 0 Å². The normalized spacial score (nSPS) is 21.0. The molecular formula is C21H30N2O5S. The van der Waals surface area contributed by atoms with Crippen molar-refractivity contribution in [1.29, 1.82) is 0 Å². The van der Waals surface area contributed by atoms with E-state index in [4.69, 9.17) is 4.74 Å². The van der Waals surface area contributed by atoms with Gasteiger partial charge in [-0.2, -0.15) is 4.31 Å². The number of piperidine rings is 2. The molecule has 0 aliphatic carbocycles. The minimum Gasteiger partial charge on any atom is -0.452 e. The van der Waals surface area contributed by atoms with Crippen LogP contribution in [0, 0.1) is 12.8 Å². The van der Waals surface area contributed by atoms with Crippen molar-refractivity contribution >= 4 is 21.9 Å². The molecule has 2 saturated heterocycles. The fraction of sp³-hybridized carbons (Fsp3) is 0.619. The minimum absolute atomic E-state index is 0.130. The number of ether oxygens (including phenoxy) is 1. The Kier molecular flexibility index (Phi) is 6.95. The fourth-order valence-electron chi connectivity index (χ4n) is 3.97. The molecule has 29 heavy (non-hydrogen) atoms. The van der Waals surface area contributed by atoms with Crippen LogP contribution in [0.15, 0.2) is 23.1 Å². The van der Waals surface area contributed by atoms with Gasteiger partial charge in [0.25, 0.3) is 5.91 Å². The van der Waals surface area contributed by atoms with Crippen LogP contribution in [0.2, 0.25) is 0 Å². The first-order valence-corrected chi connectivity index (χ1v) is 11.8. The van der Waals surface area contributed by atoms with Crippen LogP contribution in [0.25, 0.3) is 0 Å². The van der Waals surface area contributed by atoms with Gasteiger partial charge in [0.05, 0.1) is 10.5 Å². The summed E-state index contributed by atoms with van der Waals surface area (Å²) in [4.78, 5) is 26.6. The highest BCUT2D eigenvalue weighted by Crippen LogP contribution is 2.24. The van der Waals surface area contributed by atoms with Gasteiger partial charge in [0.2, 0.25) is 10.0 Å². The van der Waals surface area contributed by atoms with Crippen LogP contribution in [0.1, 0.15) is 54.9 Å². The van der Waals surface area contributed by atoms with Crippen LogP contribution in [0.3, 0.4) is 0 Å². The summed E-state index contributed by atoms with van der Waals surface area (Å²) in [6.07, 6.45) is 4.77. The van der Waals surface area contributed by atoms with E-state index in [9.17, 15) is 18.0 Å². The van der Waals surface area contributed by atoms with Gasteiger partial charge in [-0.05, 0) is 56.2 Å². The third kappa shape index (κ3) is 5.17. The van der Waals surface area contributed by atoms with Crippen molar-refractivity contribution in [3.63, 3.8) is 0 Å². The average Bonchev–Trinajstić information content (AvgIpc) is 2.72. The lowest BCUT2D eigenvalue weighted by Gasteiger charge is -2.30. The van der Waals surface area contributed by atoms with Crippen molar-refractivity contribution in [2.75, 3.05) is 32.8 Å². The molecule has 2 aliphatic rings. The van der Waals surface area contributed by atoms with Crippen LogP contribution in [-0.4, -0.2) is 62.3 Å². The van der Waals surface area contributed by atoms with Gasteiger partial charge >= 0.3 is 5.97 Å². The summed E-state index contributed by atoms with van der Waals surface area (Å²) in [7, 11) is -3.65. The van der Waals surface area contributed by atoms with Gasteiger partial charge in [-0.15, -0.1) is 0 Å². The Morgan fingerprint density at radius 3 is 2.52 bits per heavy atom. The van der Waals surface area contributed by atoms with Gasteiger partial charge in [0, 0.05) is 26.2 Å². The standard InChI is InChI=1S/C21H30N2O5S/c1-16-7-6-10-22(14-16)20(24)15-28-21(25)18-9-8-17(2)19(13-18)29(26,27)23-11-4-3-5-12-23/h8-9,13,16H,3-7,10-12,14-15H2,1-2H3/t16-/m0/s1.